The van der Waals surface area contributed by atoms with Gasteiger partial charge in [-0.15, -0.1) is 11.3 Å². The summed E-state index contributed by atoms with van der Waals surface area (Å²) in [6.07, 6.45) is 0. The maximum Gasteiger partial charge on any atom is 0.164 e. The SMILES string of the molecule is c1ccc(-c2ccc3c(c2)c2ccccc2n3-c2cccc(-c3nc(-c4ccccc4)nc(-c4ccc5oc6ccc7sc8ccccc8c7c6c5c4)n3)c2)cc1. The zero-order valence-electron chi connectivity index (χ0n) is 30.4. The van der Waals surface area contributed by atoms with Gasteiger partial charge in [-0.25, -0.2) is 15.0 Å². The van der Waals surface area contributed by atoms with Gasteiger partial charge in [0.2, 0.25) is 0 Å². The Morgan fingerprint density at radius 3 is 1.81 bits per heavy atom. The van der Waals surface area contributed by atoms with Crippen LogP contribution in [0.25, 0.3) is 115 Å². The second-order valence-corrected chi connectivity index (χ2v) is 15.5. The average Bonchev–Trinajstić information content (AvgIpc) is 3.96. The number of thiophene rings is 1. The number of rotatable bonds is 5. The van der Waals surface area contributed by atoms with E-state index in [1.807, 2.05) is 47.7 Å². The molecule has 5 nitrogen and oxygen atoms in total. The molecule has 0 aliphatic rings. The maximum atomic E-state index is 6.44. The molecule has 0 saturated heterocycles. The van der Waals surface area contributed by atoms with Crippen molar-refractivity contribution in [2.45, 2.75) is 0 Å². The lowest BCUT2D eigenvalue weighted by atomic mass is 10.0. The number of furan rings is 1. The van der Waals surface area contributed by atoms with Crippen molar-refractivity contribution in [3.63, 3.8) is 0 Å². The first-order valence-electron chi connectivity index (χ1n) is 19.0. The molecule has 8 aromatic carbocycles. The minimum atomic E-state index is 0.605. The highest BCUT2D eigenvalue weighted by Crippen LogP contribution is 2.43. The van der Waals surface area contributed by atoms with Gasteiger partial charge in [0.1, 0.15) is 11.2 Å². The summed E-state index contributed by atoms with van der Waals surface area (Å²) in [5.41, 5.74) is 10.2. The minimum absolute atomic E-state index is 0.605. The summed E-state index contributed by atoms with van der Waals surface area (Å²) in [5, 5.41) is 7.05. The molecule has 0 aliphatic carbocycles. The molecule has 0 bridgehead atoms. The molecule has 0 atom stereocenters. The number of benzene rings is 8. The van der Waals surface area contributed by atoms with Crippen LogP contribution in [0.15, 0.2) is 186 Å². The van der Waals surface area contributed by atoms with Gasteiger partial charge < -0.3 is 8.98 Å². The summed E-state index contributed by atoms with van der Waals surface area (Å²) in [6, 6.07) is 63.8. The highest BCUT2D eigenvalue weighted by Gasteiger charge is 2.19. The third-order valence-corrected chi connectivity index (χ3v) is 12.2. The number of nitrogens with zero attached hydrogens (tertiary/aromatic N) is 4. The Balaban J connectivity index is 1.04. The van der Waals surface area contributed by atoms with E-state index in [1.165, 1.54) is 42.1 Å². The Labute approximate surface area is 330 Å². The van der Waals surface area contributed by atoms with E-state index in [-0.39, 0.29) is 0 Å². The van der Waals surface area contributed by atoms with Gasteiger partial charge in [0.05, 0.1) is 11.0 Å². The summed E-state index contributed by atoms with van der Waals surface area (Å²) in [7, 11) is 0. The van der Waals surface area contributed by atoms with Crippen molar-refractivity contribution < 1.29 is 4.42 Å². The van der Waals surface area contributed by atoms with E-state index in [0.717, 1.165) is 55.3 Å². The van der Waals surface area contributed by atoms with Gasteiger partial charge in [0.15, 0.2) is 17.5 Å². The topological polar surface area (TPSA) is 56.7 Å². The van der Waals surface area contributed by atoms with E-state index in [1.54, 1.807) is 0 Å². The Morgan fingerprint density at radius 1 is 0.368 bits per heavy atom. The van der Waals surface area contributed by atoms with Crippen LogP contribution in [0.3, 0.4) is 0 Å². The van der Waals surface area contributed by atoms with E-state index in [9.17, 15) is 0 Å². The van der Waals surface area contributed by atoms with E-state index in [2.05, 4.69) is 150 Å². The minimum Gasteiger partial charge on any atom is -0.456 e. The van der Waals surface area contributed by atoms with Crippen LogP contribution in [0.4, 0.5) is 0 Å². The molecule has 0 radical (unpaired) electrons. The first kappa shape index (κ1) is 31.9. The number of fused-ring (bicyclic) bond motifs is 10. The largest absolute Gasteiger partial charge is 0.456 e. The Hall–Kier alpha value is -7.41. The first-order valence-corrected chi connectivity index (χ1v) is 19.8. The van der Waals surface area contributed by atoms with Gasteiger partial charge in [-0.2, -0.15) is 0 Å². The number of para-hydroxylation sites is 1. The molecular weight excluding hydrogens is 717 g/mol. The van der Waals surface area contributed by atoms with Crippen LogP contribution in [0, 0.1) is 0 Å². The monoisotopic (exact) mass is 746 g/mol. The van der Waals surface area contributed by atoms with Crippen LogP contribution in [-0.2, 0) is 0 Å². The van der Waals surface area contributed by atoms with E-state index in [4.69, 9.17) is 19.4 Å². The molecule has 4 aromatic heterocycles. The van der Waals surface area contributed by atoms with Crippen LogP contribution in [-0.4, -0.2) is 19.5 Å². The van der Waals surface area contributed by atoms with Crippen molar-refractivity contribution in [2.75, 3.05) is 0 Å². The summed E-state index contributed by atoms with van der Waals surface area (Å²) in [6.45, 7) is 0. The average molecular weight is 747 g/mol. The molecule has 0 fully saturated rings. The Kier molecular flexibility index (Phi) is 7.03. The highest BCUT2D eigenvalue weighted by atomic mass is 32.1. The molecule has 0 amide bonds. The second-order valence-electron chi connectivity index (χ2n) is 14.4. The van der Waals surface area contributed by atoms with Gasteiger partial charge in [-0.05, 0) is 77.9 Å². The smallest absolute Gasteiger partial charge is 0.164 e. The molecule has 0 saturated carbocycles. The van der Waals surface area contributed by atoms with Gasteiger partial charge in [0, 0.05) is 64.1 Å². The number of hydrogen-bond acceptors (Lipinski definition) is 5. The number of hydrogen-bond donors (Lipinski definition) is 0. The molecule has 6 heteroatoms. The first-order chi connectivity index (χ1) is 28.2. The van der Waals surface area contributed by atoms with E-state index >= 15 is 0 Å². The quantitative estimate of drug-likeness (QED) is 0.176. The van der Waals surface area contributed by atoms with Gasteiger partial charge in [-0.1, -0.05) is 115 Å². The maximum absolute atomic E-state index is 6.44. The van der Waals surface area contributed by atoms with Gasteiger partial charge in [0.25, 0.3) is 0 Å². The van der Waals surface area contributed by atoms with Gasteiger partial charge >= 0.3 is 0 Å². The van der Waals surface area contributed by atoms with Gasteiger partial charge in [-0.3, -0.25) is 0 Å². The summed E-state index contributed by atoms with van der Waals surface area (Å²) in [4.78, 5) is 15.4. The van der Waals surface area contributed by atoms with Crippen molar-refractivity contribution in [1.29, 1.82) is 0 Å². The van der Waals surface area contributed by atoms with Crippen LogP contribution in [0.1, 0.15) is 0 Å². The summed E-state index contributed by atoms with van der Waals surface area (Å²) >= 11 is 1.81. The second kappa shape index (κ2) is 12.6. The van der Waals surface area contributed by atoms with Crippen LogP contribution in [0.2, 0.25) is 0 Å². The molecule has 0 aliphatic heterocycles. The van der Waals surface area contributed by atoms with Crippen LogP contribution < -0.4 is 0 Å². The molecule has 57 heavy (non-hydrogen) atoms. The van der Waals surface area contributed by atoms with E-state index in [0.29, 0.717) is 17.5 Å². The third-order valence-electron chi connectivity index (χ3n) is 11.0. The standard InChI is InChI=1S/C51H30N4OS/c1-3-12-31(13-4-1)33-22-24-42-39(29-33)37-18-7-9-20-41(37)55(42)36-17-11-16-34(28-36)50-52-49(32-14-5-2-6-15-32)53-51(54-50)35-23-25-43-40(30-35)47-44(56-43)26-27-46-48(47)38-19-8-10-21-45(38)57-46/h1-30H. The third kappa shape index (κ3) is 5.12. The lowest BCUT2D eigenvalue weighted by Gasteiger charge is -2.12. The predicted octanol–water partition coefficient (Wildman–Crippen LogP) is 13.9. The Morgan fingerprint density at radius 2 is 0.982 bits per heavy atom. The fourth-order valence-corrected chi connectivity index (χ4v) is 9.53. The molecular formula is C51H30N4OS. The van der Waals surface area contributed by atoms with Crippen LogP contribution >= 0.6 is 11.3 Å². The Bertz CT molecular complexity index is 3530. The van der Waals surface area contributed by atoms with Crippen molar-refractivity contribution in [3.8, 4) is 51.0 Å². The van der Waals surface area contributed by atoms with Crippen molar-refractivity contribution in [3.05, 3.63) is 182 Å². The molecule has 0 N–H and O–H groups in total. The fourth-order valence-electron chi connectivity index (χ4n) is 8.42. The van der Waals surface area contributed by atoms with E-state index < -0.39 is 0 Å². The summed E-state index contributed by atoms with van der Waals surface area (Å²) < 4.78 is 11.3. The molecule has 266 valence electrons. The van der Waals surface area contributed by atoms with Crippen molar-refractivity contribution in [2.24, 2.45) is 0 Å². The zero-order chi connectivity index (χ0) is 37.5. The lowest BCUT2D eigenvalue weighted by Crippen LogP contribution is -2.01. The predicted molar refractivity (Wildman–Crippen MR) is 236 cm³/mol. The van der Waals surface area contributed by atoms with Crippen LogP contribution in [0.5, 0.6) is 0 Å². The molecule has 12 aromatic rings. The molecule has 12 rings (SSSR count). The highest BCUT2D eigenvalue weighted by molar-refractivity contribution is 7.26. The molecule has 0 spiro atoms. The molecule has 0 unspecified atom stereocenters. The fraction of sp³-hybridized carbons (Fsp3) is 0. The number of aromatic nitrogens is 4. The lowest BCUT2D eigenvalue weighted by molar-refractivity contribution is 0.669. The molecule has 4 heterocycles. The van der Waals surface area contributed by atoms with Crippen molar-refractivity contribution >= 4 is 75.3 Å². The zero-order valence-corrected chi connectivity index (χ0v) is 31.2. The summed E-state index contributed by atoms with van der Waals surface area (Å²) in [5.74, 6) is 1.83. The normalized spacial score (nSPS) is 11.9. The van der Waals surface area contributed by atoms with Crippen molar-refractivity contribution in [1.82, 2.24) is 19.5 Å².